The van der Waals surface area contributed by atoms with Gasteiger partial charge in [0, 0.05) is 19.5 Å². The van der Waals surface area contributed by atoms with E-state index in [1.165, 1.54) is 5.56 Å². The predicted octanol–water partition coefficient (Wildman–Crippen LogP) is 5.47. The highest BCUT2D eigenvalue weighted by Crippen LogP contribution is 2.20. The summed E-state index contributed by atoms with van der Waals surface area (Å²) < 4.78 is 5.35. The first kappa shape index (κ1) is 26.4. The number of ether oxygens (including phenoxy) is 1. The number of amides is 2. The number of unbranched alkanes of at least 4 members (excludes halogenated alkanes) is 1. The smallest absolute Gasteiger partial charge is 0.242 e. The van der Waals surface area contributed by atoms with Crippen LogP contribution in [0, 0.1) is 0 Å². The summed E-state index contributed by atoms with van der Waals surface area (Å²) in [7, 11) is 1.63. The third kappa shape index (κ3) is 8.23. The molecule has 0 unspecified atom stereocenters. The Bertz CT molecular complexity index is 877. The van der Waals surface area contributed by atoms with Gasteiger partial charge >= 0.3 is 0 Å². The van der Waals surface area contributed by atoms with Crippen molar-refractivity contribution in [2.75, 3.05) is 13.7 Å². The summed E-state index contributed by atoms with van der Waals surface area (Å²) in [6, 6.07) is 15.7. The van der Waals surface area contributed by atoms with Crippen LogP contribution in [0.2, 0.25) is 0 Å². The maximum absolute atomic E-state index is 13.4. The van der Waals surface area contributed by atoms with Gasteiger partial charge in [-0.05, 0) is 54.0 Å². The minimum atomic E-state index is -0.496. The molecule has 0 saturated heterocycles. The Morgan fingerprint density at radius 3 is 2.36 bits per heavy atom. The van der Waals surface area contributed by atoms with Crippen LogP contribution in [0.3, 0.4) is 0 Å². The van der Waals surface area contributed by atoms with Crippen LogP contribution in [0.4, 0.5) is 0 Å². The second kappa shape index (κ2) is 13.7. The second-order valence-corrected chi connectivity index (χ2v) is 8.84. The molecule has 1 N–H and O–H groups in total. The lowest BCUT2D eigenvalue weighted by molar-refractivity contribution is -0.141. The van der Waals surface area contributed by atoms with Crippen molar-refractivity contribution in [1.29, 1.82) is 0 Å². The van der Waals surface area contributed by atoms with Gasteiger partial charge in [-0.25, -0.2) is 0 Å². The summed E-state index contributed by atoms with van der Waals surface area (Å²) in [5.74, 6) is 1.13. The molecule has 0 saturated carbocycles. The zero-order valence-electron chi connectivity index (χ0n) is 20.9. The monoisotopic (exact) mass is 452 g/mol. The van der Waals surface area contributed by atoms with Gasteiger partial charge in [0.05, 0.1) is 7.11 Å². The fourth-order valence-electron chi connectivity index (χ4n) is 3.86. The Kier molecular flexibility index (Phi) is 10.9. The van der Waals surface area contributed by atoms with Gasteiger partial charge in [0.15, 0.2) is 0 Å². The normalized spacial score (nSPS) is 11.8. The lowest BCUT2D eigenvalue weighted by Gasteiger charge is -2.31. The van der Waals surface area contributed by atoms with Crippen LogP contribution in [-0.2, 0) is 22.6 Å². The number of aryl methyl sites for hydroxylation is 1. The quantitative estimate of drug-likeness (QED) is 0.410. The van der Waals surface area contributed by atoms with Crippen molar-refractivity contribution in [3.05, 3.63) is 65.2 Å². The number of hydrogen-bond donors (Lipinski definition) is 1. The summed E-state index contributed by atoms with van der Waals surface area (Å²) in [5.41, 5.74) is 3.37. The maximum Gasteiger partial charge on any atom is 0.242 e. The van der Waals surface area contributed by atoms with E-state index in [1.807, 2.05) is 31.2 Å². The van der Waals surface area contributed by atoms with Gasteiger partial charge in [-0.1, -0.05) is 70.5 Å². The van der Waals surface area contributed by atoms with Gasteiger partial charge in [0.1, 0.15) is 11.8 Å². The number of nitrogens with one attached hydrogen (secondary N) is 1. The van der Waals surface area contributed by atoms with E-state index >= 15 is 0 Å². The first-order valence-corrected chi connectivity index (χ1v) is 12.2. The van der Waals surface area contributed by atoms with Gasteiger partial charge in [-0.2, -0.15) is 0 Å². The molecule has 0 spiro atoms. The molecule has 0 bridgehead atoms. The summed E-state index contributed by atoms with van der Waals surface area (Å²) in [6.07, 6.45) is 3.53. The summed E-state index contributed by atoms with van der Waals surface area (Å²) in [4.78, 5) is 28.1. The molecule has 2 amide bonds. The number of rotatable bonds is 13. The number of carbonyl (C=O) groups excluding carboxylic acids is 2. The molecule has 0 aliphatic heterocycles. The zero-order valence-corrected chi connectivity index (χ0v) is 20.9. The van der Waals surface area contributed by atoms with Crippen molar-refractivity contribution in [1.82, 2.24) is 10.2 Å². The molecule has 2 aromatic rings. The molecule has 0 aliphatic rings. The number of nitrogens with zero attached hydrogens (tertiary/aromatic N) is 1. The first-order chi connectivity index (χ1) is 15.9. The molecule has 0 radical (unpaired) electrons. The van der Waals surface area contributed by atoms with Gasteiger partial charge in [0.25, 0.3) is 0 Å². The molecule has 0 aromatic heterocycles. The van der Waals surface area contributed by atoms with Crippen LogP contribution < -0.4 is 10.1 Å². The van der Waals surface area contributed by atoms with Crippen molar-refractivity contribution >= 4 is 11.8 Å². The maximum atomic E-state index is 13.4. The molecule has 2 aromatic carbocycles. The molecule has 33 heavy (non-hydrogen) atoms. The zero-order chi connectivity index (χ0) is 24.2. The van der Waals surface area contributed by atoms with E-state index in [1.54, 1.807) is 12.0 Å². The van der Waals surface area contributed by atoms with Crippen LogP contribution in [0.25, 0.3) is 0 Å². The Morgan fingerprint density at radius 1 is 1.03 bits per heavy atom. The van der Waals surface area contributed by atoms with E-state index in [9.17, 15) is 9.59 Å². The lowest BCUT2D eigenvalue weighted by Crippen LogP contribution is -2.49. The molecule has 0 aliphatic carbocycles. The third-order valence-corrected chi connectivity index (χ3v) is 5.98. The molecule has 180 valence electrons. The number of benzene rings is 2. The first-order valence-electron chi connectivity index (χ1n) is 12.2. The van der Waals surface area contributed by atoms with E-state index in [0.29, 0.717) is 38.3 Å². The highest BCUT2D eigenvalue weighted by atomic mass is 16.5. The highest BCUT2D eigenvalue weighted by molar-refractivity contribution is 5.87. The molecule has 0 fully saturated rings. The molecule has 0 heterocycles. The minimum absolute atomic E-state index is 0.0109. The highest BCUT2D eigenvalue weighted by Gasteiger charge is 2.28. The van der Waals surface area contributed by atoms with Gasteiger partial charge < -0.3 is 15.0 Å². The van der Waals surface area contributed by atoms with Crippen LogP contribution in [0.15, 0.2) is 48.5 Å². The van der Waals surface area contributed by atoms with E-state index in [-0.39, 0.29) is 11.8 Å². The number of carbonyl (C=O) groups is 2. The average Bonchev–Trinajstić information content (AvgIpc) is 2.83. The third-order valence-electron chi connectivity index (χ3n) is 5.98. The molecule has 5 heteroatoms. The Balaban J connectivity index is 2.18. The van der Waals surface area contributed by atoms with Crippen molar-refractivity contribution in [3.8, 4) is 5.75 Å². The van der Waals surface area contributed by atoms with Crippen LogP contribution in [0.1, 0.15) is 76.0 Å². The van der Waals surface area contributed by atoms with E-state index in [2.05, 4.69) is 50.4 Å². The molecule has 1 atom stereocenters. The number of methoxy groups -OCH3 is 1. The van der Waals surface area contributed by atoms with E-state index in [0.717, 1.165) is 29.7 Å². The molecular formula is C28H40N2O3. The van der Waals surface area contributed by atoms with E-state index in [4.69, 9.17) is 4.74 Å². The van der Waals surface area contributed by atoms with Crippen molar-refractivity contribution in [2.45, 2.75) is 78.3 Å². The average molecular weight is 453 g/mol. The van der Waals surface area contributed by atoms with Gasteiger partial charge in [-0.15, -0.1) is 0 Å². The summed E-state index contributed by atoms with van der Waals surface area (Å²) >= 11 is 0. The lowest BCUT2D eigenvalue weighted by atomic mass is 10.00. The Hall–Kier alpha value is -2.82. The Morgan fingerprint density at radius 2 is 1.76 bits per heavy atom. The topological polar surface area (TPSA) is 58.6 Å². The minimum Gasteiger partial charge on any atom is -0.497 e. The fraction of sp³-hybridized carbons (Fsp3) is 0.500. The molecular weight excluding hydrogens is 412 g/mol. The van der Waals surface area contributed by atoms with Crippen LogP contribution in [-0.4, -0.2) is 36.4 Å². The van der Waals surface area contributed by atoms with Gasteiger partial charge in [0.2, 0.25) is 11.8 Å². The van der Waals surface area contributed by atoms with Crippen molar-refractivity contribution in [3.63, 3.8) is 0 Å². The largest absolute Gasteiger partial charge is 0.497 e. The standard InChI is InChI=1S/C28H40N2O3/c1-6-8-18-29-28(32)26(7-2)30(20-23-10-9-11-25(19-23)33-5)27(31)17-14-22-12-15-24(16-13-22)21(3)4/h9-13,15-16,19,21,26H,6-8,14,17-18,20H2,1-5H3,(H,29,32)/t26-/m0/s1. The van der Waals surface area contributed by atoms with Crippen molar-refractivity contribution in [2.24, 2.45) is 0 Å². The molecule has 2 rings (SSSR count). The SMILES string of the molecule is CCCCNC(=O)[C@H](CC)N(Cc1cccc(OC)c1)C(=O)CCc1ccc(C(C)C)cc1. The van der Waals surface area contributed by atoms with Crippen LogP contribution >= 0.6 is 0 Å². The summed E-state index contributed by atoms with van der Waals surface area (Å²) in [5, 5.41) is 3.01. The summed E-state index contributed by atoms with van der Waals surface area (Å²) in [6.45, 7) is 9.41. The van der Waals surface area contributed by atoms with E-state index < -0.39 is 6.04 Å². The Labute approximate surface area is 199 Å². The number of hydrogen-bond acceptors (Lipinski definition) is 3. The fourth-order valence-corrected chi connectivity index (χ4v) is 3.86. The van der Waals surface area contributed by atoms with Gasteiger partial charge in [-0.3, -0.25) is 9.59 Å². The molecule has 5 nitrogen and oxygen atoms in total. The van der Waals surface area contributed by atoms with Crippen molar-refractivity contribution < 1.29 is 14.3 Å². The second-order valence-electron chi connectivity index (χ2n) is 8.84. The van der Waals surface area contributed by atoms with Crippen LogP contribution in [0.5, 0.6) is 5.75 Å². The predicted molar refractivity (Wildman–Crippen MR) is 134 cm³/mol.